The van der Waals surface area contributed by atoms with Gasteiger partial charge in [-0.1, -0.05) is 55.4 Å². The van der Waals surface area contributed by atoms with Crippen LogP contribution in [-0.4, -0.2) is 12.6 Å². The summed E-state index contributed by atoms with van der Waals surface area (Å²) in [6.45, 7) is 17.6. The zero-order valence-electron chi connectivity index (χ0n) is 15.1. The summed E-state index contributed by atoms with van der Waals surface area (Å²) in [5, 5.41) is 4.56. The highest BCUT2D eigenvalue weighted by atomic mass is 17.5. The summed E-state index contributed by atoms with van der Waals surface area (Å²) in [5.74, 6) is 0.236. The molecule has 0 aromatic rings. The second-order valence-corrected chi connectivity index (χ2v) is 8.75. The van der Waals surface area contributed by atoms with Crippen molar-refractivity contribution in [3.8, 4) is 0 Å². The van der Waals surface area contributed by atoms with Crippen LogP contribution in [0.2, 0.25) is 0 Å². The van der Waals surface area contributed by atoms with E-state index in [4.69, 9.17) is 4.89 Å². The molecule has 0 aliphatic heterocycles. The predicted octanol–water partition coefficient (Wildman–Crippen LogP) is 4.93. The molecule has 0 N–H and O–H groups in total. The number of carbonyl (C=O) groups excluding carboxylic acids is 1. The highest BCUT2D eigenvalue weighted by Crippen LogP contribution is 2.26. The lowest BCUT2D eigenvalue weighted by atomic mass is 9.84. The summed E-state index contributed by atoms with van der Waals surface area (Å²) in [5.41, 5.74) is 0.460. The summed E-state index contributed by atoms with van der Waals surface area (Å²) < 4.78 is 0. The minimum Gasteiger partial charge on any atom is -0.269 e. The summed E-state index contributed by atoms with van der Waals surface area (Å²) in [4.78, 5) is 21.2. The van der Waals surface area contributed by atoms with E-state index < -0.39 is 0 Å². The van der Waals surface area contributed by atoms with Crippen LogP contribution in [-0.2, 0) is 19.6 Å². The van der Waals surface area contributed by atoms with Crippen LogP contribution in [0.3, 0.4) is 0 Å². The Labute approximate surface area is 130 Å². The van der Waals surface area contributed by atoms with Gasteiger partial charge in [-0.25, -0.2) is 4.79 Å². The van der Waals surface area contributed by atoms with Gasteiger partial charge in [0, 0.05) is 0 Å². The second kappa shape index (κ2) is 8.74. The van der Waals surface area contributed by atoms with Gasteiger partial charge in [-0.3, -0.25) is 4.89 Å². The third-order valence-corrected chi connectivity index (χ3v) is 2.96. The predicted molar refractivity (Wildman–Crippen MR) is 84.2 cm³/mol. The average molecular weight is 302 g/mol. The Morgan fingerprint density at radius 2 is 1.38 bits per heavy atom. The third kappa shape index (κ3) is 14.1. The Balaban J connectivity index is 3.76. The highest BCUT2D eigenvalue weighted by molar-refractivity contribution is 5.68. The quantitative estimate of drug-likeness (QED) is 0.362. The van der Waals surface area contributed by atoms with Gasteiger partial charge in [-0.05, 0) is 40.5 Å². The van der Waals surface area contributed by atoms with Crippen molar-refractivity contribution >= 4 is 5.97 Å². The SMILES string of the molecule is CC(COOOC(=O)CC(C)CC(C)(C)C)CC(C)(C)C. The summed E-state index contributed by atoms with van der Waals surface area (Å²) in [6.07, 6.45) is 2.33. The van der Waals surface area contributed by atoms with Crippen LogP contribution >= 0.6 is 0 Å². The minimum absolute atomic E-state index is 0.208. The van der Waals surface area contributed by atoms with E-state index >= 15 is 0 Å². The minimum atomic E-state index is -0.379. The van der Waals surface area contributed by atoms with E-state index in [0.717, 1.165) is 12.8 Å². The Bertz CT molecular complexity index is 299. The molecule has 126 valence electrons. The molecule has 4 nitrogen and oxygen atoms in total. The van der Waals surface area contributed by atoms with Crippen LogP contribution in [0.5, 0.6) is 0 Å². The number of rotatable bonds is 8. The molecule has 0 rings (SSSR count). The summed E-state index contributed by atoms with van der Waals surface area (Å²) in [7, 11) is 0. The molecule has 0 spiro atoms. The van der Waals surface area contributed by atoms with Crippen molar-refractivity contribution in [2.24, 2.45) is 22.7 Å². The van der Waals surface area contributed by atoms with Gasteiger partial charge in [0.15, 0.2) is 0 Å². The molecule has 0 saturated heterocycles. The van der Waals surface area contributed by atoms with Crippen LogP contribution < -0.4 is 0 Å². The molecule has 2 atom stereocenters. The van der Waals surface area contributed by atoms with Crippen LogP contribution in [0, 0.1) is 22.7 Å². The molecule has 0 aromatic carbocycles. The zero-order valence-corrected chi connectivity index (χ0v) is 15.1. The smallest absolute Gasteiger partial charge is 0.269 e. The molecule has 0 bridgehead atoms. The van der Waals surface area contributed by atoms with Gasteiger partial charge >= 0.3 is 5.97 Å². The monoisotopic (exact) mass is 302 g/mol. The van der Waals surface area contributed by atoms with Gasteiger partial charge in [0.1, 0.15) is 0 Å². The third-order valence-electron chi connectivity index (χ3n) is 2.96. The lowest BCUT2D eigenvalue weighted by Gasteiger charge is -2.22. The molecule has 0 fully saturated rings. The lowest BCUT2D eigenvalue weighted by molar-refractivity contribution is -0.489. The molecule has 0 saturated carbocycles. The maximum absolute atomic E-state index is 11.6. The van der Waals surface area contributed by atoms with Crippen molar-refractivity contribution < 1.29 is 19.6 Å². The fourth-order valence-corrected chi connectivity index (χ4v) is 2.75. The Hall–Kier alpha value is -0.610. The molecule has 0 heterocycles. The fourth-order valence-electron chi connectivity index (χ4n) is 2.75. The zero-order chi connectivity index (χ0) is 16.7. The van der Waals surface area contributed by atoms with Gasteiger partial charge in [-0.15, -0.1) is 0 Å². The van der Waals surface area contributed by atoms with Crippen molar-refractivity contribution in [3.05, 3.63) is 0 Å². The molecule has 0 amide bonds. The van der Waals surface area contributed by atoms with Crippen molar-refractivity contribution in [3.63, 3.8) is 0 Å². The highest BCUT2D eigenvalue weighted by Gasteiger charge is 2.19. The first kappa shape index (κ1) is 20.4. The molecule has 4 heteroatoms. The van der Waals surface area contributed by atoms with Crippen molar-refractivity contribution in [2.75, 3.05) is 6.61 Å². The average Bonchev–Trinajstić information content (AvgIpc) is 2.18. The maximum Gasteiger partial charge on any atom is 0.345 e. The number of hydrogen-bond acceptors (Lipinski definition) is 4. The topological polar surface area (TPSA) is 44.8 Å². The Kier molecular flexibility index (Phi) is 8.49. The molecule has 21 heavy (non-hydrogen) atoms. The summed E-state index contributed by atoms with van der Waals surface area (Å²) >= 11 is 0. The molecule has 0 aliphatic carbocycles. The van der Waals surface area contributed by atoms with E-state index in [0.29, 0.717) is 18.9 Å². The number of carbonyl (C=O) groups is 1. The molecular formula is C17H34O4. The molecule has 0 aliphatic rings. The van der Waals surface area contributed by atoms with Crippen LogP contribution in [0.15, 0.2) is 0 Å². The lowest BCUT2D eigenvalue weighted by Crippen LogP contribution is -2.18. The second-order valence-electron chi connectivity index (χ2n) is 8.75. The van der Waals surface area contributed by atoms with E-state index in [1.54, 1.807) is 0 Å². The van der Waals surface area contributed by atoms with Crippen LogP contribution in [0.25, 0.3) is 0 Å². The van der Waals surface area contributed by atoms with E-state index in [1.165, 1.54) is 0 Å². The Morgan fingerprint density at radius 1 is 0.905 bits per heavy atom. The first-order valence-corrected chi connectivity index (χ1v) is 7.88. The van der Waals surface area contributed by atoms with Crippen molar-refractivity contribution in [2.45, 2.75) is 74.7 Å². The van der Waals surface area contributed by atoms with Gasteiger partial charge in [0.25, 0.3) is 0 Å². The maximum atomic E-state index is 11.6. The fraction of sp³-hybridized carbons (Fsp3) is 0.941. The van der Waals surface area contributed by atoms with E-state index in [-0.39, 0.29) is 22.7 Å². The van der Waals surface area contributed by atoms with Gasteiger partial charge in [0.2, 0.25) is 0 Å². The first-order chi connectivity index (χ1) is 9.39. The van der Waals surface area contributed by atoms with Crippen LogP contribution in [0.4, 0.5) is 0 Å². The van der Waals surface area contributed by atoms with Crippen LogP contribution in [0.1, 0.15) is 74.7 Å². The van der Waals surface area contributed by atoms with E-state index in [1.807, 2.05) is 6.92 Å². The van der Waals surface area contributed by atoms with E-state index in [9.17, 15) is 4.79 Å². The summed E-state index contributed by atoms with van der Waals surface area (Å²) in [6, 6.07) is 0. The normalized spacial score (nSPS) is 15.6. The first-order valence-electron chi connectivity index (χ1n) is 7.88. The largest absolute Gasteiger partial charge is 0.345 e. The molecule has 0 radical (unpaired) electrons. The Morgan fingerprint density at radius 3 is 1.86 bits per heavy atom. The molecule has 0 aromatic heterocycles. The standard InChI is InChI=1S/C17H34O4/c1-13(10-16(3,4)5)9-15(18)20-21-19-12-14(2)11-17(6,7)8/h13-14H,9-12H2,1-8H3. The van der Waals surface area contributed by atoms with Gasteiger partial charge in [-0.2, -0.15) is 4.89 Å². The van der Waals surface area contributed by atoms with Gasteiger partial charge < -0.3 is 0 Å². The van der Waals surface area contributed by atoms with Crippen molar-refractivity contribution in [1.29, 1.82) is 0 Å². The molecular weight excluding hydrogens is 268 g/mol. The molecule has 2 unspecified atom stereocenters. The number of hydrogen-bond donors (Lipinski definition) is 0. The van der Waals surface area contributed by atoms with Gasteiger partial charge in [0.05, 0.1) is 13.0 Å². The van der Waals surface area contributed by atoms with E-state index in [2.05, 4.69) is 58.4 Å². The van der Waals surface area contributed by atoms with Crippen molar-refractivity contribution in [1.82, 2.24) is 0 Å².